The van der Waals surface area contributed by atoms with Crippen molar-refractivity contribution < 1.29 is 18.3 Å². The lowest BCUT2D eigenvalue weighted by atomic mass is 10.0. The normalized spacial score (nSPS) is 13.1. The lowest BCUT2D eigenvalue weighted by Gasteiger charge is -2.11. The summed E-state index contributed by atoms with van der Waals surface area (Å²) in [6, 6.07) is 6.48. The molecule has 0 bridgehead atoms. The van der Waals surface area contributed by atoms with Gasteiger partial charge in [0.25, 0.3) is 0 Å². The Balaban J connectivity index is 2.46. The molecule has 0 radical (unpaired) electrons. The molecule has 5 nitrogen and oxygen atoms in total. The minimum atomic E-state index is -3.51. The molecule has 0 heterocycles. The van der Waals surface area contributed by atoms with E-state index in [0.717, 1.165) is 0 Å². The molecule has 0 aromatic heterocycles. The van der Waals surface area contributed by atoms with Crippen molar-refractivity contribution in [2.24, 2.45) is 5.92 Å². The number of carboxylic acid groups (broad SMARTS) is 1. The molecular formula is C13H18BrNO4S. The van der Waals surface area contributed by atoms with Crippen molar-refractivity contribution in [1.29, 1.82) is 0 Å². The fraction of sp³-hybridized carbons (Fsp3) is 0.462. The topological polar surface area (TPSA) is 83.5 Å². The highest BCUT2D eigenvalue weighted by Gasteiger charge is 2.14. The quantitative estimate of drug-likeness (QED) is 0.743. The Labute approximate surface area is 127 Å². The first-order valence-electron chi connectivity index (χ1n) is 6.28. The van der Waals surface area contributed by atoms with Gasteiger partial charge in [-0.15, -0.1) is 0 Å². The zero-order chi connectivity index (χ0) is 15.2. The maximum Gasteiger partial charge on any atom is 0.303 e. The van der Waals surface area contributed by atoms with E-state index in [1.54, 1.807) is 12.1 Å². The zero-order valence-electron chi connectivity index (χ0n) is 11.2. The van der Waals surface area contributed by atoms with Crippen LogP contribution in [-0.4, -0.2) is 26.0 Å². The summed E-state index contributed by atoms with van der Waals surface area (Å²) >= 11 is 3.23. The molecule has 1 aromatic rings. The molecule has 0 fully saturated rings. The molecule has 112 valence electrons. The van der Waals surface area contributed by atoms with Gasteiger partial charge in [-0.2, -0.15) is 0 Å². The van der Waals surface area contributed by atoms with Crippen LogP contribution in [0.25, 0.3) is 0 Å². The van der Waals surface area contributed by atoms with Gasteiger partial charge in [0.1, 0.15) is 0 Å². The second kappa shape index (κ2) is 7.75. The number of hydrogen-bond acceptors (Lipinski definition) is 3. The molecule has 0 aliphatic heterocycles. The number of carboxylic acids is 1. The van der Waals surface area contributed by atoms with Gasteiger partial charge in [-0.25, -0.2) is 13.1 Å². The SMILES string of the molecule is CC(CCNS(=O)(=O)c1cccc(Br)c1)CCC(=O)O. The lowest BCUT2D eigenvalue weighted by Crippen LogP contribution is -2.26. The number of sulfonamides is 1. The van der Waals surface area contributed by atoms with E-state index in [4.69, 9.17) is 5.11 Å². The first-order valence-corrected chi connectivity index (χ1v) is 8.56. The van der Waals surface area contributed by atoms with E-state index >= 15 is 0 Å². The number of hydrogen-bond donors (Lipinski definition) is 2. The van der Waals surface area contributed by atoms with Crippen LogP contribution in [0.1, 0.15) is 26.2 Å². The predicted molar refractivity (Wildman–Crippen MR) is 80.0 cm³/mol. The van der Waals surface area contributed by atoms with Gasteiger partial charge in [0, 0.05) is 17.4 Å². The van der Waals surface area contributed by atoms with Crippen LogP contribution in [0, 0.1) is 5.92 Å². The van der Waals surface area contributed by atoms with E-state index in [0.29, 0.717) is 23.9 Å². The molecule has 1 unspecified atom stereocenters. The van der Waals surface area contributed by atoms with E-state index in [-0.39, 0.29) is 17.2 Å². The number of carbonyl (C=O) groups is 1. The highest BCUT2D eigenvalue weighted by molar-refractivity contribution is 9.10. The third kappa shape index (κ3) is 6.02. The maximum absolute atomic E-state index is 12.0. The molecule has 0 saturated carbocycles. The molecular weight excluding hydrogens is 346 g/mol. The molecule has 0 aliphatic rings. The summed E-state index contributed by atoms with van der Waals surface area (Å²) in [4.78, 5) is 10.7. The summed E-state index contributed by atoms with van der Waals surface area (Å²) in [6.45, 7) is 2.21. The molecule has 1 aromatic carbocycles. The Bertz CT molecular complexity index is 559. The zero-order valence-corrected chi connectivity index (χ0v) is 13.6. The summed E-state index contributed by atoms with van der Waals surface area (Å²) in [6.07, 6.45) is 1.27. The monoisotopic (exact) mass is 363 g/mol. The summed E-state index contributed by atoms with van der Waals surface area (Å²) < 4.78 is 27.2. The van der Waals surface area contributed by atoms with Crippen molar-refractivity contribution in [3.8, 4) is 0 Å². The number of benzene rings is 1. The van der Waals surface area contributed by atoms with Crippen molar-refractivity contribution in [3.63, 3.8) is 0 Å². The van der Waals surface area contributed by atoms with Crippen molar-refractivity contribution in [1.82, 2.24) is 4.72 Å². The van der Waals surface area contributed by atoms with Crippen LogP contribution >= 0.6 is 15.9 Å². The maximum atomic E-state index is 12.0. The van der Waals surface area contributed by atoms with Gasteiger partial charge >= 0.3 is 5.97 Å². The van der Waals surface area contributed by atoms with Crippen molar-refractivity contribution in [2.75, 3.05) is 6.54 Å². The van der Waals surface area contributed by atoms with Crippen LogP contribution in [0.4, 0.5) is 0 Å². The third-order valence-electron chi connectivity index (χ3n) is 2.89. The van der Waals surface area contributed by atoms with E-state index in [9.17, 15) is 13.2 Å². The average Bonchev–Trinajstić information content (AvgIpc) is 2.36. The summed E-state index contributed by atoms with van der Waals surface area (Å²) in [5, 5.41) is 8.58. The van der Waals surface area contributed by atoms with Gasteiger partial charge in [-0.1, -0.05) is 28.9 Å². The fourth-order valence-electron chi connectivity index (χ4n) is 1.67. The van der Waals surface area contributed by atoms with Crippen LogP contribution < -0.4 is 4.72 Å². The van der Waals surface area contributed by atoms with Gasteiger partial charge < -0.3 is 5.11 Å². The lowest BCUT2D eigenvalue weighted by molar-refractivity contribution is -0.137. The molecule has 0 amide bonds. The Hall–Kier alpha value is -0.920. The van der Waals surface area contributed by atoms with Crippen LogP contribution in [0.5, 0.6) is 0 Å². The number of rotatable bonds is 8. The summed E-state index contributed by atoms with van der Waals surface area (Å²) in [5.74, 6) is -0.664. The number of aliphatic carboxylic acids is 1. The van der Waals surface area contributed by atoms with Gasteiger partial charge in [0.05, 0.1) is 4.90 Å². The predicted octanol–water partition coefficient (Wildman–Crippen LogP) is 2.62. The molecule has 1 rings (SSSR count). The highest BCUT2D eigenvalue weighted by Crippen LogP contribution is 2.16. The third-order valence-corrected chi connectivity index (χ3v) is 4.84. The second-order valence-corrected chi connectivity index (χ2v) is 7.36. The molecule has 0 aliphatic carbocycles. The number of nitrogens with one attached hydrogen (secondary N) is 1. The minimum absolute atomic E-state index is 0.111. The van der Waals surface area contributed by atoms with E-state index in [1.165, 1.54) is 12.1 Å². The number of halogens is 1. The summed E-state index contributed by atoms with van der Waals surface area (Å²) in [5.41, 5.74) is 0. The minimum Gasteiger partial charge on any atom is -0.481 e. The Morgan fingerprint density at radius 2 is 2.10 bits per heavy atom. The van der Waals surface area contributed by atoms with Gasteiger partial charge in [-0.3, -0.25) is 4.79 Å². The fourth-order valence-corrected chi connectivity index (χ4v) is 3.32. The molecule has 1 atom stereocenters. The van der Waals surface area contributed by atoms with Crippen LogP contribution in [-0.2, 0) is 14.8 Å². The largest absolute Gasteiger partial charge is 0.481 e. The van der Waals surface area contributed by atoms with Crippen LogP contribution in [0.15, 0.2) is 33.6 Å². The Morgan fingerprint density at radius 1 is 1.40 bits per heavy atom. The van der Waals surface area contributed by atoms with E-state index in [2.05, 4.69) is 20.7 Å². The Kier molecular flexibility index (Phi) is 6.64. The van der Waals surface area contributed by atoms with Crippen LogP contribution in [0.2, 0.25) is 0 Å². The molecule has 2 N–H and O–H groups in total. The first kappa shape index (κ1) is 17.1. The average molecular weight is 364 g/mol. The van der Waals surface area contributed by atoms with Crippen molar-refractivity contribution in [3.05, 3.63) is 28.7 Å². The highest BCUT2D eigenvalue weighted by atomic mass is 79.9. The second-order valence-electron chi connectivity index (χ2n) is 4.68. The van der Waals surface area contributed by atoms with E-state index in [1.807, 2.05) is 6.92 Å². The van der Waals surface area contributed by atoms with Gasteiger partial charge in [-0.05, 0) is 37.0 Å². The van der Waals surface area contributed by atoms with Gasteiger partial charge in [0.15, 0.2) is 0 Å². The molecule has 20 heavy (non-hydrogen) atoms. The smallest absolute Gasteiger partial charge is 0.303 e. The van der Waals surface area contributed by atoms with Gasteiger partial charge in [0.2, 0.25) is 10.0 Å². The van der Waals surface area contributed by atoms with Crippen molar-refractivity contribution >= 4 is 31.9 Å². The first-order chi connectivity index (χ1) is 9.31. The van der Waals surface area contributed by atoms with Crippen LogP contribution in [0.3, 0.4) is 0 Å². The Morgan fingerprint density at radius 3 is 2.70 bits per heavy atom. The molecule has 0 saturated heterocycles. The molecule has 7 heteroatoms. The standard InChI is InChI=1S/C13H18BrNO4S/c1-10(5-6-13(16)17)7-8-15-20(18,19)12-4-2-3-11(14)9-12/h2-4,9-10,15H,5-8H2,1H3,(H,16,17). The van der Waals surface area contributed by atoms with E-state index < -0.39 is 16.0 Å². The summed E-state index contributed by atoms with van der Waals surface area (Å²) in [7, 11) is -3.51. The van der Waals surface area contributed by atoms with Crippen molar-refractivity contribution in [2.45, 2.75) is 31.1 Å². The molecule has 0 spiro atoms.